The van der Waals surface area contributed by atoms with Crippen molar-refractivity contribution in [3.05, 3.63) is 71.5 Å². The van der Waals surface area contributed by atoms with Gasteiger partial charge in [0.05, 0.1) is 0 Å². The summed E-state index contributed by atoms with van der Waals surface area (Å²) in [6.07, 6.45) is 0.430. The Labute approximate surface area is 146 Å². The number of hydrogen-bond acceptors (Lipinski definition) is 4. The van der Waals surface area contributed by atoms with Crippen molar-refractivity contribution in [3.8, 4) is 11.5 Å². The van der Waals surface area contributed by atoms with Gasteiger partial charge in [0.15, 0.2) is 5.82 Å². The van der Waals surface area contributed by atoms with Gasteiger partial charge in [-0.1, -0.05) is 53.7 Å². The third-order valence-electron chi connectivity index (χ3n) is 4.61. The Bertz CT molecular complexity index is 889. The van der Waals surface area contributed by atoms with Gasteiger partial charge in [0, 0.05) is 31.0 Å². The number of carbonyl (C=O) groups is 1. The highest BCUT2D eigenvalue weighted by Crippen LogP contribution is 2.29. The molecular weight excluding hydrogens is 314 g/mol. The van der Waals surface area contributed by atoms with Gasteiger partial charge in [-0.25, -0.2) is 0 Å². The van der Waals surface area contributed by atoms with Gasteiger partial charge in [0.25, 0.3) is 5.89 Å². The summed E-state index contributed by atoms with van der Waals surface area (Å²) in [5.74, 6) is 1.25. The Morgan fingerprint density at radius 2 is 1.88 bits per heavy atom. The lowest BCUT2D eigenvalue weighted by Crippen LogP contribution is -2.24. The number of rotatable bonds is 4. The maximum Gasteiger partial charge on any atom is 0.258 e. The first-order valence-electron chi connectivity index (χ1n) is 8.42. The van der Waals surface area contributed by atoms with E-state index in [4.69, 9.17) is 4.52 Å². The summed E-state index contributed by atoms with van der Waals surface area (Å²) in [6, 6.07) is 17.9. The number of amides is 1. The molecule has 0 N–H and O–H groups in total. The van der Waals surface area contributed by atoms with Crippen LogP contribution >= 0.6 is 0 Å². The van der Waals surface area contributed by atoms with Crippen LogP contribution in [0.1, 0.15) is 29.3 Å². The van der Waals surface area contributed by atoms with E-state index >= 15 is 0 Å². The van der Waals surface area contributed by atoms with E-state index in [2.05, 4.69) is 10.1 Å². The number of carbonyl (C=O) groups excluding carboxylic acids is 1. The normalized spacial score (nSPS) is 17.2. The number of likely N-dealkylation sites (tertiary alicyclic amines) is 1. The van der Waals surface area contributed by atoms with Crippen molar-refractivity contribution in [3.63, 3.8) is 0 Å². The molecule has 2 aromatic carbocycles. The minimum atomic E-state index is -0.0160. The Morgan fingerprint density at radius 1 is 1.12 bits per heavy atom. The fourth-order valence-electron chi connectivity index (χ4n) is 3.22. The molecule has 0 radical (unpaired) electrons. The van der Waals surface area contributed by atoms with Crippen LogP contribution in [0.15, 0.2) is 59.1 Å². The topological polar surface area (TPSA) is 59.2 Å². The zero-order valence-electron chi connectivity index (χ0n) is 14.1. The largest absolute Gasteiger partial charge is 0.338 e. The second-order valence-electron chi connectivity index (χ2n) is 6.43. The average Bonchev–Trinajstić information content (AvgIpc) is 3.24. The van der Waals surface area contributed by atoms with Crippen LogP contribution in [0.5, 0.6) is 0 Å². The second kappa shape index (κ2) is 6.51. The van der Waals surface area contributed by atoms with Crippen LogP contribution in [-0.4, -0.2) is 27.5 Å². The molecule has 1 amide bonds. The van der Waals surface area contributed by atoms with Gasteiger partial charge in [-0.15, -0.1) is 0 Å². The molecule has 1 aliphatic rings. The Kier molecular flexibility index (Phi) is 4.06. The highest BCUT2D eigenvalue weighted by Gasteiger charge is 2.33. The fraction of sp³-hybridized carbons (Fsp3) is 0.250. The van der Waals surface area contributed by atoms with Gasteiger partial charge in [-0.05, 0) is 24.1 Å². The lowest BCUT2D eigenvalue weighted by atomic mass is 10.1. The van der Waals surface area contributed by atoms with E-state index in [0.29, 0.717) is 31.2 Å². The van der Waals surface area contributed by atoms with E-state index in [-0.39, 0.29) is 11.8 Å². The number of nitrogens with zero attached hydrogens (tertiary/aromatic N) is 3. The van der Waals surface area contributed by atoms with Crippen LogP contribution in [-0.2, 0) is 11.3 Å². The van der Waals surface area contributed by atoms with Crippen molar-refractivity contribution in [2.45, 2.75) is 25.8 Å². The molecule has 1 atom stereocenters. The number of hydrogen-bond donors (Lipinski definition) is 0. The van der Waals surface area contributed by atoms with Crippen LogP contribution in [0, 0.1) is 6.92 Å². The van der Waals surface area contributed by atoms with Crippen molar-refractivity contribution in [2.75, 3.05) is 6.54 Å². The van der Waals surface area contributed by atoms with Gasteiger partial charge in [-0.2, -0.15) is 4.98 Å². The predicted molar refractivity (Wildman–Crippen MR) is 93.7 cm³/mol. The molecule has 3 aromatic rings. The van der Waals surface area contributed by atoms with E-state index in [9.17, 15) is 4.79 Å². The summed E-state index contributed by atoms with van der Waals surface area (Å²) in [5, 5.41) is 4.13. The molecule has 25 heavy (non-hydrogen) atoms. The van der Waals surface area contributed by atoms with E-state index in [1.807, 2.05) is 66.4 Å². The first-order valence-corrected chi connectivity index (χ1v) is 8.42. The lowest BCUT2D eigenvalue weighted by Gasteiger charge is -2.15. The quantitative estimate of drug-likeness (QED) is 0.732. The maximum absolute atomic E-state index is 12.3. The van der Waals surface area contributed by atoms with Gasteiger partial charge >= 0.3 is 0 Å². The van der Waals surface area contributed by atoms with E-state index in [0.717, 1.165) is 16.7 Å². The van der Waals surface area contributed by atoms with Crippen LogP contribution in [0.2, 0.25) is 0 Å². The zero-order chi connectivity index (χ0) is 17.2. The molecule has 4 rings (SSSR count). The summed E-state index contributed by atoms with van der Waals surface area (Å²) in [4.78, 5) is 18.7. The molecule has 1 fully saturated rings. The van der Waals surface area contributed by atoms with Gasteiger partial charge in [-0.3, -0.25) is 4.79 Å². The molecule has 0 spiro atoms. The third kappa shape index (κ3) is 3.18. The van der Waals surface area contributed by atoms with Crippen molar-refractivity contribution in [2.24, 2.45) is 0 Å². The molecule has 0 saturated carbocycles. The standard InChI is InChI=1S/C20H19N3O2/c1-14-7-5-6-10-17(14)20-21-19(22-25-20)16-11-18(24)23(13-16)12-15-8-3-2-4-9-15/h2-10,16H,11-13H2,1H3/t16-/m1/s1. The van der Waals surface area contributed by atoms with Crippen LogP contribution < -0.4 is 0 Å². The van der Waals surface area contributed by atoms with Crippen LogP contribution in [0.4, 0.5) is 0 Å². The van der Waals surface area contributed by atoms with Gasteiger partial charge in [0.2, 0.25) is 5.91 Å². The number of aryl methyl sites for hydroxylation is 1. The van der Waals surface area contributed by atoms with Crippen LogP contribution in [0.25, 0.3) is 11.5 Å². The minimum Gasteiger partial charge on any atom is -0.338 e. The van der Waals surface area contributed by atoms with E-state index in [1.54, 1.807) is 0 Å². The molecule has 0 bridgehead atoms. The molecule has 126 valence electrons. The highest BCUT2D eigenvalue weighted by atomic mass is 16.5. The predicted octanol–water partition coefficient (Wildman–Crippen LogP) is 3.56. The SMILES string of the molecule is Cc1ccccc1-c1nc([C@@H]2CC(=O)N(Cc3ccccc3)C2)no1. The minimum absolute atomic E-state index is 0.0160. The lowest BCUT2D eigenvalue weighted by molar-refractivity contribution is -0.128. The van der Waals surface area contributed by atoms with Crippen LogP contribution in [0.3, 0.4) is 0 Å². The van der Waals surface area contributed by atoms with E-state index < -0.39 is 0 Å². The van der Waals surface area contributed by atoms with Gasteiger partial charge < -0.3 is 9.42 Å². The first-order chi connectivity index (χ1) is 12.2. The fourth-order valence-corrected chi connectivity index (χ4v) is 3.22. The Hall–Kier alpha value is -2.95. The van der Waals surface area contributed by atoms with Crippen molar-refractivity contribution >= 4 is 5.91 Å². The summed E-state index contributed by atoms with van der Waals surface area (Å²) in [6.45, 7) is 3.26. The molecule has 1 aromatic heterocycles. The molecule has 1 saturated heterocycles. The van der Waals surface area contributed by atoms with E-state index in [1.165, 1.54) is 0 Å². The molecule has 5 heteroatoms. The summed E-state index contributed by atoms with van der Waals surface area (Å²) in [7, 11) is 0. The molecule has 1 aliphatic heterocycles. The van der Waals surface area contributed by atoms with Crippen molar-refractivity contribution < 1.29 is 9.32 Å². The Morgan fingerprint density at radius 3 is 2.68 bits per heavy atom. The summed E-state index contributed by atoms with van der Waals surface area (Å²) in [5.41, 5.74) is 3.16. The van der Waals surface area contributed by atoms with Crippen molar-refractivity contribution in [1.82, 2.24) is 15.0 Å². The zero-order valence-corrected chi connectivity index (χ0v) is 14.1. The summed E-state index contributed by atoms with van der Waals surface area (Å²) < 4.78 is 5.44. The second-order valence-corrected chi connectivity index (χ2v) is 6.43. The molecule has 2 heterocycles. The number of aromatic nitrogens is 2. The first kappa shape index (κ1) is 15.6. The molecule has 0 aliphatic carbocycles. The smallest absolute Gasteiger partial charge is 0.258 e. The van der Waals surface area contributed by atoms with Gasteiger partial charge in [0.1, 0.15) is 0 Å². The Balaban J connectivity index is 1.50. The third-order valence-corrected chi connectivity index (χ3v) is 4.61. The van der Waals surface area contributed by atoms with Crippen molar-refractivity contribution in [1.29, 1.82) is 0 Å². The molecular formula is C20H19N3O2. The molecule has 5 nitrogen and oxygen atoms in total. The highest BCUT2D eigenvalue weighted by molar-refractivity contribution is 5.79. The molecule has 0 unspecified atom stereocenters. The average molecular weight is 333 g/mol. The summed E-state index contributed by atoms with van der Waals surface area (Å²) >= 11 is 0. The maximum atomic E-state index is 12.3. The monoisotopic (exact) mass is 333 g/mol. The number of benzene rings is 2.